The Kier molecular flexibility index (Phi) is 8.96. The zero-order chi connectivity index (χ0) is 28.4. The van der Waals surface area contributed by atoms with Crippen molar-refractivity contribution in [2.45, 2.75) is 83.7 Å². The second kappa shape index (κ2) is 11.5. The van der Waals surface area contributed by atoms with Crippen molar-refractivity contribution >= 4 is 23.6 Å². The SMILES string of the molecule is CCCN1CC[C@@H]2[C@@H](C(=O)N[C@H](C#N)C[C@@H]3CCNC3=O)N(C(=O)[C@@H](NC(=O)C(F)(F)F)C(C)(C)C)C[C@@H]21. The van der Waals surface area contributed by atoms with E-state index in [9.17, 15) is 37.6 Å². The van der Waals surface area contributed by atoms with Gasteiger partial charge in [0.15, 0.2) is 0 Å². The van der Waals surface area contributed by atoms with Gasteiger partial charge in [-0.1, -0.05) is 27.7 Å². The van der Waals surface area contributed by atoms with Gasteiger partial charge < -0.3 is 20.9 Å². The lowest BCUT2D eigenvalue weighted by molar-refractivity contribution is -0.176. The number of rotatable bonds is 8. The standard InChI is InChI=1S/C25H37F3N6O4/c1-5-9-33-10-7-16-17(33)13-34(22(37)19(24(2,3)4)32-23(38)25(26,27)28)18(16)21(36)31-15(12-29)11-14-6-8-30-20(14)35/h14-19H,5-11,13H2,1-4H3,(H,30,35)(H,31,36)(H,32,38)/t14-,15-,16-,17-,18-,19+/m0/s1. The van der Waals surface area contributed by atoms with Gasteiger partial charge in [0.1, 0.15) is 18.1 Å². The van der Waals surface area contributed by atoms with Crippen molar-refractivity contribution in [1.82, 2.24) is 25.8 Å². The van der Waals surface area contributed by atoms with Crippen LogP contribution in [0.25, 0.3) is 0 Å². The number of amides is 4. The van der Waals surface area contributed by atoms with Gasteiger partial charge in [0.25, 0.3) is 0 Å². The van der Waals surface area contributed by atoms with Gasteiger partial charge in [-0.25, -0.2) is 0 Å². The van der Waals surface area contributed by atoms with Crippen LogP contribution in [0.1, 0.15) is 53.4 Å². The molecule has 3 fully saturated rings. The van der Waals surface area contributed by atoms with E-state index in [-0.39, 0.29) is 30.8 Å². The number of alkyl halides is 3. The van der Waals surface area contributed by atoms with Crippen molar-refractivity contribution in [3.8, 4) is 6.07 Å². The topological polar surface area (TPSA) is 135 Å². The first-order valence-electron chi connectivity index (χ1n) is 13.1. The molecule has 3 saturated heterocycles. The Hall–Kier alpha value is -2.88. The average molecular weight is 543 g/mol. The molecule has 3 N–H and O–H groups in total. The smallest absolute Gasteiger partial charge is 0.356 e. The van der Waals surface area contributed by atoms with Gasteiger partial charge in [0.2, 0.25) is 17.7 Å². The Morgan fingerprint density at radius 3 is 2.39 bits per heavy atom. The molecule has 0 saturated carbocycles. The van der Waals surface area contributed by atoms with E-state index in [0.717, 1.165) is 13.0 Å². The number of carbonyl (C=O) groups is 4. The molecule has 3 rings (SSSR count). The number of fused-ring (bicyclic) bond motifs is 1. The average Bonchev–Trinajstić information content (AvgIpc) is 3.51. The molecule has 13 heteroatoms. The van der Waals surface area contributed by atoms with Crippen molar-refractivity contribution in [2.24, 2.45) is 17.3 Å². The second-order valence-corrected chi connectivity index (χ2v) is 11.5. The summed E-state index contributed by atoms with van der Waals surface area (Å²) >= 11 is 0. The minimum absolute atomic E-state index is 0.122. The quantitative estimate of drug-likeness (QED) is 0.418. The highest BCUT2D eigenvalue weighted by Gasteiger charge is 2.55. The van der Waals surface area contributed by atoms with Gasteiger partial charge in [0.05, 0.1) is 6.07 Å². The number of likely N-dealkylation sites (tertiary alicyclic amines) is 2. The lowest BCUT2D eigenvalue weighted by Crippen LogP contribution is -2.60. The Morgan fingerprint density at radius 1 is 1.18 bits per heavy atom. The van der Waals surface area contributed by atoms with Crippen LogP contribution in [-0.4, -0.2) is 90.0 Å². The van der Waals surface area contributed by atoms with Crippen LogP contribution in [0, 0.1) is 28.6 Å². The number of hydrogen-bond acceptors (Lipinski definition) is 6. The first-order chi connectivity index (χ1) is 17.7. The maximum atomic E-state index is 13.8. The summed E-state index contributed by atoms with van der Waals surface area (Å²) in [7, 11) is 0. The summed E-state index contributed by atoms with van der Waals surface area (Å²) in [5.41, 5.74) is -1.08. The largest absolute Gasteiger partial charge is 0.471 e. The van der Waals surface area contributed by atoms with E-state index in [1.807, 2.05) is 18.3 Å². The normalized spacial score (nSPS) is 27.3. The highest BCUT2D eigenvalue weighted by Crippen LogP contribution is 2.38. The monoisotopic (exact) mass is 542 g/mol. The van der Waals surface area contributed by atoms with E-state index in [0.29, 0.717) is 25.9 Å². The van der Waals surface area contributed by atoms with Crippen LogP contribution < -0.4 is 16.0 Å². The van der Waals surface area contributed by atoms with Crippen molar-refractivity contribution < 1.29 is 32.3 Å². The molecule has 0 aliphatic carbocycles. The number of nitriles is 1. The first kappa shape index (κ1) is 29.7. The van der Waals surface area contributed by atoms with Gasteiger partial charge >= 0.3 is 12.1 Å². The summed E-state index contributed by atoms with van der Waals surface area (Å²) in [6.45, 7) is 8.71. The van der Waals surface area contributed by atoms with E-state index in [2.05, 4.69) is 15.5 Å². The summed E-state index contributed by atoms with van der Waals surface area (Å²) < 4.78 is 39.2. The van der Waals surface area contributed by atoms with Crippen LogP contribution in [-0.2, 0) is 19.2 Å². The predicted molar refractivity (Wildman–Crippen MR) is 130 cm³/mol. The molecule has 212 valence electrons. The summed E-state index contributed by atoms with van der Waals surface area (Å²) in [4.78, 5) is 54.6. The van der Waals surface area contributed by atoms with Gasteiger partial charge in [-0.15, -0.1) is 0 Å². The third-order valence-electron chi connectivity index (χ3n) is 7.70. The van der Waals surface area contributed by atoms with Gasteiger partial charge in [-0.3, -0.25) is 24.1 Å². The third-order valence-corrected chi connectivity index (χ3v) is 7.70. The van der Waals surface area contributed by atoms with E-state index in [1.54, 1.807) is 20.8 Å². The summed E-state index contributed by atoms with van der Waals surface area (Å²) in [6, 6.07) is -1.67. The van der Waals surface area contributed by atoms with Crippen LogP contribution >= 0.6 is 0 Å². The predicted octanol–water partition coefficient (Wildman–Crippen LogP) is 0.925. The molecule has 3 aliphatic rings. The third kappa shape index (κ3) is 6.39. The lowest BCUT2D eigenvalue weighted by Gasteiger charge is -2.36. The lowest BCUT2D eigenvalue weighted by atomic mass is 9.85. The molecule has 3 heterocycles. The van der Waals surface area contributed by atoms with Crippen LogP contribution in [0.4, 0.5) is 13.2 Å². The molecule has 0 unspecified atom stereocenters. The molecule has 0 aromatic rings. The minimum atomic E-state index is -5.17. The van der Waals surface area contributed by atoms with E-state index >= 15 is 0 Å². The second-order valence-electron chi connectivity index (χ2n) is 11.5. The Bertz CT molecular complexity index is 976. The first-order valence-corrected chi connectivity index (χ1v) is 13.1. The van der Waals surface area contributed by atoms with Gasteiger partial charge in [-0.05, 0) is 44.2 Å². The zero-order valence-corrected chi connectivity index (χ0v) is 22.2. The minimum Gasteiger partial charge on any atom is -0.356 e. The van der Waals surface area contributed by atoms with Crippen LogP contribution in [0.3, 0.4) is 0 Å². The molecular weight excluding hydrogens is 505 g/mol. The van der Waals surface area contributed by atoms with Crippen molar-refractivity contribution in [3.05, 3.63) is 0 Å². The van der Waals surface area contributed by atoms with E-state index in [1.165, 1.54) is 4.90 Å². The number of nitrogens with one attached hydrogen (secondary N) is 3. The molecule has 6 atom stereocenters. The Morgan fingerprint density at radius 2 is 1.87 bits per heavy atom. The number of hydrogen-bond donors (Lipinski definition) is 3. The molecule has 3 aliphatic heterocycles. The van der Waals surface area contributed by atoms with Crippen molar-refractivity contribution in [3.63, 3.8) is 0 Å². The highest BCUT2D eigenvalue weighted by atomic mass is 19.4. The van der Waals surface area contributed by atoms with Gasteiger partial charge in [0, 0.05) is 31.0 Å². The maximum absolute atomic E-state index is 13.8. The Balaban J connectivity index is 1.87. The molecule has 0 bridgehead atoms. The fourth-order valence-corrected chi connectivity index (χ4v) is 5.82. The van der Waals surface area contributed by atoms with E-state index < -0.39 is 53.4 Å². The molecule has 0 aromatic carbocycles. The molecule has 4 amide bonds. The fourth-order valence-electron chi connectivity index (χ4n) is 5.82. The zero-order valence-electron chi connectivity index (χ0n) is 22.2. The number of nitrogens with zero attached hydrogens (tertiary/aromatic N) is 3. The van der Waals surface area contributed by atoms with Crippen LogP contribution in [0.5, 0.6) is 0 Å². The van der Waals surface area contributed by atoms with Crippen LogP contribution in [0.2, 0.25) is 0 Å². The van der Waals surface area contributed by atoms with E-state index in [4.69, 9.17) is 0 Å². The molecule has 0 aromatic heterocycles. The van der Waals surface area contributed by atoms with Crippen molar-refractivity contribution in [2.75, 3.05) is 26.2 Å². The molecule has 0 radical (unpaired) electrons. The molecule has 10 nitrogen and oxygen atoms in total. The van der Waals surface area contributed by atoms with Gasteiger partial charge in [-0.2, -0.15) is 18.4 Å². The molecule has 38 heavy (non-hydrogen) atoms. The number of carbonyl (C=O) groups excluding carboxylic acids is 4. The molecule has 0 spiro atoms. The van der Waals surface area contributed by atoms with Crippen molar-refractivity contribution in [1.29, 1.82) is 5.26 Å². The highest BCUT2D eigenvalue weighted by molar-refractivity contribution is 5.94. The fraction of sp³-hybridized carbons (Fsp3) is 0.800. The summed E-state index contributed by atoms with van der Waals surface area (Å²) in [6.07, 6.45) is -3.06. The Labute approximate surface area is 220 Å². The number of halogens is 3. The van der Waals surface area contributed by atoms with Crippen LogP contribution in [0.15, 0.2) is 0 Å². The summed E-state index contributed by atoms with van der Waals surface area (Å²) in [5, 5.41) is 16.9. The molecular formula is C25H37F3N6O4. The maximum Gasteiger partial charge on any atom is 0.471 e. The summed E-state index contributed by atoms with van der Waals surface area (Å²) in [5.74, 6) is -4.45.